The molecular weight excluding hydrogens is 254 g/mol. The van der Waals surface area contributed by atoms with E-state index in [9.17, 15) is 9.59 Å². The van der Waals surface area contributed by atoms with Gasteiger partial charge >= 0.3 is 0 Å². The van der Waals surface area contributed by atoms with E-state index in [0.29, 0.717) is 17.7 Å². The highest BCUT2D eigenvalue weighted by atomic mass is 16.6. The van der Waals surface area contributed by atoms with Gasteiger partial charge in [-0.05, 0) is 31.4 Å². The smallest absolute Gasteiger partial charge is 0.261 e. The Morgan fingerprint density at radius 2 is 1.75 bits per heavy atom. The molecule has 2 aliphatic heterocycles. The van der Waals surface area contributed by atoms with Gasteiger partial charge in [0, 0.05) is 6.54 Å². The van der Waals surface area contributed by atoms with Crippen LogP contribution in [-0.4, -0.2) is 35.0 Å². The van der Waals surface area contributed by atoms with E-state index in [1.165, 1.54) is 4.90 Å². The number of hydrogen-bond acceptors (Lipinski definition) is 3. The summed E-state index contributed by atoms with van der Waals surface area (Å²) in [4.78, 5) is 25.9. The third kappa shape index (κ3) is 1.86. The zero-order chi connectivity index (χ0) is 14.3. The lowest BCUT2D eigenvalue weighted by molar-refractivity contribution is 0.0640. The lowest BCUT2D eigenvalue weighted by Gasteiger charge is -2.17. The number of benzene rings is 1. The van der Waals surface area contributed by atoms with Gasteiger partial charge < -0.3 is 4.74 Å². The molecule has 0 bridgehead atoms. The second-order valence-corrected chi connectivity index (χ2v) is 5.49. The van der Waals surface area contributed by atoms with Crippen molar-refractivity contribution in [1.82, 2.24) is 4.90 Å². The molecule has 2 heterocycles. The number of amides is 2. The molecule has 2 aliphatic rings. The predicted octanol–water partition coefficient (Wildman–Crippen LogP) is 2.63. The minimum absolute atomic E-state index is 0.121. The zero-order valence-corrected chi connectivity index (χ0v) is 11.9. The van der Waals surface area contributed by atoms with E-state index in [4.69, 9.17) is 4.74 Å². The van der Waals surface area contributed by atoms with E-state index in [1.54, 1.807) is 24.3 Å². The lowest BCUT2D eigenvalue weighted by Crippen LogP contribution is -2.33. The average molecular weight is 273 g/mol. The Labute approximate surface area is 118 Å². The van der Waals surface area contributed by atoms with Crippen LogP contribution in [0.1, 0.15) is 53.8 Å². The van der Waals surface area contributed by atoms with Crippen LogP contribution in [0.2, 0.25) is 0 Å². The van der Waals surface area contributed by atoms with E-state index in [-0.39, 0.29) is 23.5 Å². The highest BCUT2D eigenvalue weighted by Crippen LogP contribution is 2.44. The van der Waals surface area contributed by atoms with Gasteiger partial charge in [0.15, 0.2) is 0 Å². The Morgan fingerprint density at radius 1 is 1.15 bits per heavy atom. The third-order valence-corrected chi connectivity index (χ3v) is 4.51. The summed E-state index contributed by atoms with van der Waals surface area (Å²) in [6, 6.07) is 7.01. The molecule has 1 aromatic carbocycles. The van der Waals surface area contributed by atoms with Gasteiger partial charge in [0.2, 0.25) is 0 Å². The van der Waals surface area contributed by atoms with Crippen LogP contribution in [0.25, 0.3) is 0 Å². The Hall–Kier alpha value is -1.68. The maximum absolute atomic E-state index is 12.2. The topological polar surface area (TPSA) is 49.9 Å². The molecule has 2 atom stereocenters. The first-order chi connectivity index (χ1) is 9.63. The van der Waals surface area contributed by atoms with Gasteiger partial charge in [-0.25, -0.2) is 0 Å². The number of ether oxygens (including phenoxy) is 1. The molecule has 0 saturated carbocycles. The number of rotatable bonds is 5. The molecule has 0 radical (unpaired) electrons. The number of carbonyl (C=O) groups excluding carboxylic acids is 2. The lowest BCUT2D eigenvalue weighted by atomic mass is 9.96. The molecular formula is C16H19NO3. The first-order valence-corrected chi connectivity index (χ1v) is 7.26. The summed E-state index contributed by atoms with van der Waals surface area (Å²) >= 11 is 0. The number of fused-ring (bicyclic) bond motifs is 1. The number of epoxide rings is 1. The number of hydrogen-bond donors (Lipinski definition) is 0. The summed E-state index contributed by atoms with van der Waals surface area (Å²) in [5.41, 5.74) is 0.919. The van der Waals surface area contributed by atoms with Gasteiger partial charge in [-0.3, -0.25) is 14.5 Å². The molecule has 4 heteroatoms. The maximum Gasteiger partial charge on any atom is 0.261 e. The number of carbonyl (C=O) groups is 2. The minimum atomic E-state index is -0.175. The fourth-order valence-electron chi connectivity index (χ4n) is 3.16. The monoisotopic (exact) mass is 273 g/mol. The van der Waals surface area contributed by atoms with Crippen molar-refractivity contribution in [1.29, 1.82) is 0 Å². The second kappa shape index (κ2) is 4.70. The fourth-order valence-corrected chi connectivity index (χ4v) is 3.16. The second-order valence-electron chi connectivity index (χ2n) is 5.49. The van der Waals surface area contributed by atoms with Crippen LogP contribution in [0.15, 0.2) is 24.3 Å². The van der Waals surface area contributed by atoms with Crippen LogP contribution in [-0.2, 0) is 4.74 Å². The third-order valence-electron chi connectivity index (χ3n) is 4.51. The van der Waals surface area contributed by atoms with Crippen molar-refractivity contribution < 1.29 is 14.3 Å². The van der Waals surface area contributed by atoms with Crippen LogP contribution < -0.4 is 0 Å². The van der Waals surface area contributed by atoms with Crippen molar-refractivity contribution in [3.8, 4) is 0 Å². The highest BCUT2D eigenvalue weighted by molar-refractivity contribution is 6.21. The van der Waals surface area contributed by atoms with Crippen molar-refractivity contribution in [2.24, 2.45) is 0 Å². The molecule has 0 aromatic heterocycles. The van der Waals surface area contributed by atoms with Crippen LogP contribution in [0.4, 0.5) is 0 Å². The standard InChI is InChI=1S/C16H19NO3/c1-3-13-16(4-2,20-13)9-10-17-14(18)11-7-5-6-8-12(11)15(17)19/h5-8,13H,3-4,9-10H2,1-2H3. The van der Waals surface area contributed by atoms with E-state index in [0.717, 1.165) is 19.3 Å². The summed E-state index contributed by atoms with van der Waals surface area (Å²) < 4.78 is 5.76. The number of imide groups is 1. The summed E-state index contributed by atoms with van der Waals surface area (Å²) in [6.45, 7) is 4.64. The SMILES string of the molecule is CCC1OC1(CC)CCN1C(=O)c2ccccc2C1=O. The van der Waals surface area contributed by atoms with Gasteiger partial charge in [0.25, 0.3) is 11.8 Å². The summed E-state index contributed by atoms with van der Waals surface area (Å²) in [5, 5.41) is 0. The van der Waals surface area contributed by atoms with Crippen molar-refractivity contribution in [3.63, 3.8) is 0 Å². The van der Waals surface area contributed by atoms with Crippen LogP contribution >= 0.6 is 0 Å². The molecule has 0 aliphatic carbocycles. The largest absolute Gasteiger partial charge is 0.366 e. The molecule has 106 valence electrons. The molecule has 1 aromatic rings. The van der Waals surface area contributed by atoms with E-state index in [1.807, 2.05) is 0 Å². The molecule has 2 amide bonds. The van der Waals surface area contributed by atoms with Crippen molar-refractivity contribution >= 4 is 11.8 Å². The molecule has 1 saturated heterocycles. The average Bonchev–Trinajstić information content (AvgIpc) is 3.15. The van der Waals surface area contributed by atoms with Gasteiger partial charge in [-0.1, -0.05) is 26.0 Å². The highest BCUT2D eigenvalue weighted by Gasteiger charge is 2.53. The molecule has 2 unspecified atom stereocenters. The number of nitrogens with zero attached hydrogens (tertiary/aromatic N) is 1. The van der Waals surface area contributed by atoms with Crippen molar-refractivity contribution in [2.45, 2.75) is 44.8 Å². The first-order valence-electron chi connectivity index (χ1n) is 7.26. The molecule has 1 fully saturated rings. The quantitative estimate of drug-likeness (QED) is 0.612. The first kappa shape index (κ1) is 13.3. The fraction of sp³-hybridized carbons (Fsp3) is 0.500. The Balaban J connectivity index is 1.72. The molecule has 0 spiro atoms. The Morgan fingerprint density at radius 3 is 2.20 bits per heavy atom. The summed E-state index contributed by atoms with van der Waals surface area (Å²) in [6.07, 6.45) is 2.92. The van der Waals surface area contributed by atoms with Crippen LogP contribution in [0, 0.1) is 0 Å². The summed E-state index contributed by atoms with van der Waals surface area (Å²) in [5.74, 6) is -0.351. The van der Waals surface area contributed by atoms with E-state index in [2.05, 4.69) is 13.8 Å². The van der Waals surface area contributed by atoms with Crippen molar-refractivity contribution in [3.05, 3.63) is 35.4 Å². The zero-order valence-electron chi connectivity index (χ0n) is 11.9. The van der Waals surface area contributed by atoms with Gasteiger partial charge in [-0.2, -0.15) is 0 Å². The molecule has 4 nitrogen and oxygen atoms in total. The Kier molecular flexibility index (Phi) is 3.13. The minimum Gasteiger partial charge on any atom is -0.366 e. The predicted molar refractivity (Wildman–Crippen MR) is 74.6 cm³/mol. The molecule has 0 N–H and O–H groups in total. The molecule has 20 heavy (non-hydrogen) atoms. The van der Waals surface area contributed by atoms with Crippen molar-refractivity contribution in [2.75, 3.05) is 6.54 Å². The van der Waals surface area contributed by atoms with Crippen LogP contribution in [0.5, 0.6) is 0 Å². The van der Waals surface area contributed by atoms with Gasteiger partial charge in [0.05, 0.1) is 22.8 Å². The Bertz CT molecular complexity index is 534. The maximum atomic E-state index is 12.2. The van der Waals surface area contributed by atoms with E-state index >= 15 is 0 Å². The normalized spacial score (nSPS) is 27.9. The van der Waals surface area contributed by atoms with Gasteiger partial charge in [-0.15, -0.1) is 0 Å². The van der Waals surface area contributed by atoms with Gasteiger partial charge in [0.1, 0.15) is 0 Å². The van der Waals surface area contributed by atoms with E-state index < -0.39 is 0 Å². The van der Waals surface area contributed by atoms with Crippen LogP contribution in [0.3, 0.4) is 0 Å². The molecule has 3 rings (SSSR count). The summed E-state index contributed by atoms with van der Waals surface area (Å²) in [7, 11) is 0.